The van der Waals surface area contributed by atoms with Crippen molar-refractivity contribution in [3.63, 3.8) is 0 Å². The number of nitrogens with one attached hydrogen (secondary N) is 16. The molecule has 1 fully saturated rings. The van der Waals surface area contributed by atoms with E-state index in [1.54, 1.807) is 27.7 Å². The predicted octanol–water partition coefficient (Wildman–Crippen LogP) is -11.3. The fourth-order valence-corrected chi connectivity index (χ4v) is 13.5. The Labute approximate surface area is 756 Å². The van der Waals surface area contributed by atoms with Gasteiger partial charge in [0.15, 0.2) is 5.96 Å². The van der Waals surface area contributed by atoms with Crippen molar-refractivity contribution in [3.8, 4) is 11.5 Å². The fraction of sp³-hybridized carbons (Fsp3) is 0.620. The van der Waals surface area contributed by atoms with Crippen molar-refractivity contribution in [2.75, 3.05) is 51.6 Å². The molecule has 20 atom stereocenters. The molecule has 1 saturated heterocycles. The second-order valence-corrected chi connectivity index (χ2v) is 33.6. The Bertz CT molecular complexity index is 4150. The van der Waals surface area contributed by atoms with E-state index in [2.05, 4.69) is 105 Å². The molecule has 50 heteroatoms. The molecular weight excluding hydrogens is 1730 g/mol. The summed E-state index contributed by atoms with van der Waals surface area (Å²) in [6, 6.07) is -15.7. The van der Waals surface area contributed by atoms with Crippen molar-refractivity contribution in [3.05, 3.63) is 59.7 Å². The summed E-state index contributed by atoms with van der Waals surface area (Å²) >= 11 is 8.75. The van der Waals surface area contributed by atoms with E-state index in [0.29, 0.717) is 5.56 Å². The van der Waals surface area contributed by atoms with Gasteiger partial charge in [-0.1, -0.05) is 58.4 Å². The molecule has 0 aliphatic carbocycles. The maximum atomic E-state index is 14.7. The number of nitrogens with zero attached hydrogens (tertiary/aromatic N) is 1. The van der Waals surface area contributed by atoms with Crippen LogP contribution in [0.3, 0.4) is 0 Å². The number of benzene rings is 2. The highest BCUT2D eigenvalue weighted by Gasteiger charge is 2.46. The molecule has 0 bridgehead atoms. The summed E-state index contributed by atoms with van der Waals surface area (Å²) in [5.41, 5.74) is 41.2. The molecule has 3 rings (SSSR count). The summed E-state index contributed by atoms with van der Waals surface area (Å²) in [5, 5.41) is 116. The first-order valence-electron chi connectivity index (χ1n) is 41.8. The molecule has 0 unspecified atom stereocenters. The Hall–Kier alpha value is -11.4. The summed E-state index contributed by atoms with van der Waals surface area (Å²) in [6.07, 6.45) is -8.35. The highest BCUT2D eigenvalue weighted by atomic mass is 32.1. The van der Waals surface area contributed by atoms with Crippen LogP contribution in [0.5, 0.6) is 11.5 Å². The molecule has 0 saturated carbocycles. The van der Waals surface area contributed by atoms with Gasteiger partial charge in [-0.25, -0.2) is 4.79 Å². The van der Waals surface area contributed by atoms with Crippen LogP contribution in [-0.2, 0) is 94.3 Å². The first-order valence-corrected chi connectivity index (χ1v) is 42.8. The van der Waals surface area contributed by atoms with Gasteiger partial charge in [0.05, 0.1) is 37.4 Å². The van der Waals surface area contributed by atoms with Crippen molar-refractivity contribution in [1.29, 1.82) is 5.41 Å². The number of aromatic hydroxyl groups is 2. The van der Waals surface area contributed by atoms with Gasteiger partial charge in [-0.05, 0) is 140 Å². The molecule has 0 radical (unpaired) electrons. The highest BCUT2D eigenvalue weighted by molar-refractivity contribution is 7.81. The van der Waals surface area contributed by atoms with Crippen molar-refractivity contribution >= 4 is 132 Å². The van der Waals surface area contributed by atoms with Crippen LogP contribution in [0.15, 0.2) is 48.5 Å². The monoisotopic (exact) mass is 1860 g/mol. The number of carboxylic acid groups (broad SMARTS) is 1. The Morgan fingerprint density at radius 2 is 0.853 bits per heavy atom. The number of primary amides is 1. The first-order chi connectivity index (χ1) is 60.5. The molecule has 0 spiro atoms. The quantitative estimate of drug-likeness (QED) is 0.0127. The molecule has 48 nitrogen and oxygen atoms in total. The van der Waals surface area contributed by atoms with Crippen LogP contribution in [0, 0.1) is 17.2 Å². The van der Waals surface area contributed by atoms with E-state index in [1.807, 2.05) is 0 Å². The van der Waals surface area contributed by atoms with Crippen molar-refractivity contribution in [1.82, 2.24) is 84.7 Å². The average molecular weight is 1860 g/mol. The standard InChI is InChI=1S/C79H130N24O24S2/c1-9-37(4)58(99-71(120)55-31-44(109)33-103(55)76(125)57(85)36(2)3)72(121)102-61(79(7,8)129)75(124)95-50(29-40-12-16-42(107)17-13-40)68(117)101-60(39(6)106)74(123)94-51(32-56(84)110)67(116)89-45(11-10-28-88-78(86)87)62(111)91-49(23-27-83)66(115)100-59(38(5)105)73(122)93-48(22-26-82)64(113)97-53(34-104)69(118)92-46(20-24-80)63(112)90-47(21-25-81)65(114)98-54(35-128)70(119)96-52(77(126)127)30-41-14-18-43(108)19-15-41/h12-19,36-39,44-55,57-61,104-109,128-129H,9-11,20-35,80-83,85H2,1-8H3,(H2,84,110)(H,89,116)(H,90,112)(H,91,111)(H,92,118)(H,93,122)(H,94,123)(H,95,124)(H,96,119)(H,97,113)(H,98,114)(H,99,120)(H,100,115)(H,101,117)(H,102,121)(H,126,127)(H4,86,87,88)/t37-,38+,39+,44+,45-,46-,47-,48+,49+,50-,51-,52-,53-,54-,55-,57-,58-,59-,60-,61+/m0/s1. The summed E-state index contributed by atoms with van der Waals surface area (Å²) in [5.74, 6) is -21.3. The predicted molar refractivity (Wildman–Crippen MR) is 472 cm³/mol. The zero-order chi connectivity index (χ0) is 97.6. The smallest absolute Gasteiger partial charge is 0.326 e. The largest absolute Gasteiger partial charge is 0.508 e. The van der Waals surface area contributed by atoms with Crippen molar-refractivity contribution in [2.24, 2.45) is 52.0 Å². The maximum absolute atomic E-state index is 14.7. The maximum Gasteiger partial charge on any atom is 0.326 e. The molecule has 0 aromatic heterocycles. The number of phenolic OH excluding ortho intramolecular Hbond substituents is 2. The number of phenols is 2. The molecule has 16 amide bonds. The third kappa shape index (κ3) is 37.0. The number of nitrogens with two attached hydrogens (primary N) is 7. The van der Waals surface area contributed by atoms with Gasteiger partial charge in [0.1, 0.15) is 102 Å². The Morgan fingerprint density at radius 1 is 0.496 bits per heavy atom. The number of β-amino-alcohol motifs (C(OH)–C–C–N with tert-alkyl or cyclic N) is 1. The molecule has 2 aromatic rings. The van der Waals surface area contributed by atoms with Crippen LogP contribution in [0.2, 0.25) is 0 Å². The van der Waals surface area contributed by atoms with E-state index in [4.69, 9.17) is 45.5 Å². The number of aliphatic carboxylic acids is 1. The Balaban J connectivity index is 1.88. The van der Waals surface area contributed by atoms with E-state index in [-0.39, 0.29) is 107 Å². The highest BCUT2D eigenvalue weighted by Crippen LogP contribution is 2.24. The Morgan fingerprint density at radius 3 is 1.24 bits per heavy atom. The number of likely N-dealkylation sites (tertiary alicyclic amines) is 1. The number of hydrogen-bond acceptors (Lipinski definition) is 31. The number of hydrogen-bond donors (Lipinski definition) is 32. The molecule has 1 heterocycles. The summed E-state index contributed by atoms with van der Waals surface area (Å²) in [4.78, 5) is 238. The van der Waals surface area contributed by atoms with Crippen LogP contribution in [-0.4, -0.2) is 318 Å². The molecule has 1 aliphatic heterocycles. The number of carbonyl (C=O) groups excluding carboxylic acids is 16. The van der Waals surface area contributed by atoms with Gasteiger partial charge in [-0.2, -0.15) is 25.3 Å². The second kappa shape index (κ2) is 54.8. The number of guanidine groups is 1. The fourth-order valence-electron chi connectivity index (χ4n) is 13.0. The Kier molecular flexibility index (Phi) is 47.5. The van der Waals surface area contributed by atoms with E-state index in [0.717, 1.165) is 18.7 Å². The zero-order valence-corrected chi connectivity index (χ0v) is 74.9. The number of aliphatic hydroxyl groups is 4. The van der Waals surface area contributed by atoms with Gasteiger partial charge >= 0.3 is 5.97 Å². The van der Waals surface area contributed by atoms with Gasteiger partial charge in [0.2, 0.25) is 94.5 Å². The van der Waals surface area contributed by atoms with Crippen LogP contribution in [0.25, 0.3) is 0 Å². The minimum atomic E-state index is -2.08. The van der Waals surface area contributed by atoms with Crippen molar-refractivity contribution in [2.45, 2.75) is 246 Å². The summed E-state index contributed by atoms with van der Waals surface area (Å²) < 4.78 is -1.49. The van der Waals surface area contributed by atoms with Gasteiger partial charge in [0, 0.05) is 42.9 Å². The second-order valence-electron chi connectivity index (χ2n) is 32.1. The van der Waals surface area contributed by atoms with Gasteiger partial charge in [-0.15, -0.1) is 0 Å². The lowest BCUT2D eigenvalue weighted by Crippen LogP contribution is -2.64. The average Bonchev–Trinajstić information content (AvgIpc) is 1.60. The SMILES string of the molecule is CC[C@H](C)[C@H](NC(=O)[C@@H]1C[C@@H](O)CN1C(=O)[C@@H](N)C(C)C)C(=O)N[C@H](C(=O)N[C@@H](Cc1ccc(O)cc1)C(=O)N[C@H](C(=O)N[C@@H](CC(N)=O)C(=O)N[C@@H](CCCNC(=N)N)C(=O)N[C@H](CCN)C(=O)N[C@H](C(=O)N[C@H](CCN)C(=O)N[C@@H](CO)C(=O)N[C@@H](CCN)C(=O)N[C@@H](CCN)C(=O)N[C@@H](CS)C(=O)N[C@@H](Cc1ccc(O)cc1)C(=O)O)[C@@H](C)O)[C@@H](C)O)C(C)(C)S. The van der Waals surface area contributed by atoms with Crippen LogP contribution in [0.1, 0.15) is 124 Å². The van der Waals surface area contributed by atoms with Gasteiger partial charge in [-0.3, -0.25) is 82.1 Å². The van der Waals surface area contributed by atoms with Crippen LogP contribution >= 0.6 is 25.3 Å². The van der Waals surface area contributed by atoms with Crippen LogP contribution < -0.4 is 120 Å². The minimum absolute atomic E-state index is 0.0914. The third-order valence-corrected chi connectivity index (χ3v) is 21.3. The lowest BCUT2D eigenvalue weighted by atomic mass is 9.95. The number of rotatable bonds is 56. The molecule has 2 aromatic carbocycles. The van der Waals surface area contributed by atoms with E-state index >= 15 is 0 Å². The first kappa shape index (κ1) is 112. The van der Waals surface area contributed by atoms with E-state index < -0.39 is 271 Å². The lowest BCUT2D eigenvalue weighted by Gasteiger charge is -2.34. The van der Waals surface area contributed by atoms with Gasteiger partial charge in [0.25, 0.3) is 0 Å². The number of thiol groups is 2. The topological polar surface area (TPSA) is 821 Å². The lowest BCUT2D eigenvalue weighted by molar-refractivity contribution is -0.142. The number of aliphatic hydroxyl groups excluding tert-OH is 4. The number of amides is 16. The van der Waals surface area contributed by atoms with Crippen LogP contribution in [0.4, 0.5) is 0 Å². The molecular formula is C79H130N24O24S2. The molecule has 129 heavy (non-hydrogen) atoms. The summed E-state index contributed by atoms with van der Waals surface area (Å²) in [7, 11) is 0. The van der Waals surface area contributed by atoms with E-state index in [9.17, 15) is 117 Å². The summed E-state index contributed by atoms with van der Waals surface area (Å²) in [6.45, 7) is 8.96. The van der Waals surface area contributed by atoms with Crippen molar-refractivity contribution < 1.29 is 117 Å². The number of carboxylic acids is 1. The van der Waals surface area contributed by atoms with Gasteiger partial charge < -0.3 is 161 Å². The van der Waals surface area contributed by atoms with E-state index in [1.165, 1.54) is 62.4 Å². The normalized spacial score (nSPS) is 17.3. The third-order valence-electron chi connectivity index (χ3n) is 20.7. The minimum Gasteiger partial charge on any atom is -0.508 e. The number of carbonyl (C=O) groups is 17. The zero-order valence-electron chi connectivity index (χ0n) is 73.1. The molecule has 1 aliphatic rings. The molecule has 722 valence electrons. The molecule has 37 N–H and O–H groups in total.